The van der Waals surface area contributed by atoms with Crippen LogP contribution in [-0.2, 0) is 24.2 Å². The smallest absolute Gasteiger partial charge is 0.189 e. The Balaban J connectivity index is 2.02. The summed E-state index contributed by atoms with van der Waals surface area (Å²) in [6.07, 6.45) is 3.88. The minimum Gasteiger partial charge on any atom is -0.370 e. The average Bonchev–Trinajstić information content (AvgIpc) is 3.03. The first-order chi connectivity index (χ1) is 14.2. The monoisotopic (exact) mass is 459 g/mol. The van der Waals surface area contributed by atoms with Gasteiger partial charge in [0.2, 0.25) is 0 Å². The first kappa shape index (κ1) is 22.1. The fraction of sp³-hybridized carbons (Fsp3) is 0.522. The Morgan fingerprint density at radius 2 is 2.00 bits per heavy atom. The van der Waals surface area contributed by atoms with E-state index in [2.05, 4.69) is 41.2 Å². The van der Waals surface area contributed by atoms with E-state index in [1.165, 1.54) is 22.2 Å². The second-order valence-corrected chi connectivity index (χ2v) is 11.8. The van der Waals surface area contributed by atoms with E-state index in [0.717, 1.165) is 49.4 Å². The molecule has 0 unspecified atom stereocenters. The number of thiophene rings is 1. The van der Waals surface area contributed by atoms with E-state index in [1.807, 2.05) is 6.26 Å². The van der Waals surface area contributed by atoms with Gasteiger partial charge >= 0.3 is 0 Å². The summed E-state index contributed by atoms with van der Waals surface area (Å²) < 4.78 is 7.35. The highest BCUT2D eigenvalue weighted by molar-refractivity contribution is 8.00. The van der Waals surface area contributed by atoms with Gasteiger partial charge in [-0.15, -0.1) is 23.1 Å². The summed E-state index contributed by atoms with van der Waals surface area (Å²) in [5, 5.41) is 3.07. The van der Waals surface area contributed by atoms with Crippen LogP contribution in [0.15, 0.2) is 22.3 Å². The van der Waals surface area contributed by atoms with Crippen LogP contribution in [0, 0.1) is 5.92 Å². The minimum atomic E-state index is -0.183. The zero-order valence-corrected chi connectivity index (χ0v) is 21.0. The summed E-state index contributed by atoms with van der Waals surface area (Å²) in [7, 11) is 0. The first-order valence-corrected chi connectivity index (χ1v) is 13.3. The van der Waals surface area contributed by atoms with E-state index in [1.54, 1.807) is 34.9 Å². The van der Waals surface area contributed by atoms with Gasteiger partial charge in [-0.05, 0) is 44.9 Å². The fourth-order valence-corrected chi connectivity index (χ4v) is 6.37. The van der Waals surface area contributed by atoms with Crippen molar-refractivity contribution in [2.45, 2.75) is 69.9 Å². The fourth-order valence-electron chi connectivity index (χ4n) is 3.83. The number of thioether (sulfide) groups is 2. The average molecular weight is 460 g/mol. The Morgan fingerprint density at radius 3 is 2.67 bits per heavy atom. The maximum absolute atomic E-state index is 6.20. The van der Waals surface area contributed by atoms with Crippen molar-refractivity contribution < 1.29 is 4.74 Å². The van der Waals surface area contributed by atoms with Gasteiger partial charge in [0.15, 0.2) is 5.16 Å². The zero-order valence-electron chi connectivity index (χ0n) is 18.6. The summed E-state index contributed by atoms with van der Waals surface area (Å²) in [5.41, 5.74) is 5.85. The Labute approximate surface area is 191 Å². The van der Waals surface area contributed by atoms with Gasteiger partial charge in [-0.2, -0.15) is 0 Å². The van der Waals surface area contributed by atoms with Crippen molar-refractivity contribution in [3.05, 3.63) is 29.0 Å². The number of ether oxygens (including phenoxy) is 1. The van der Waals surface area contributed by atoms with Gasteiger partial charge in [0, 0.05) is 28.8 Å². The maximum Gasteiger partial charge on any atom is 0.189 e. The maximum atomic E-state index is 6.20. The molecule has 0 aromatic carbocycles. The van der Waals surface area contributed by atoms with Crippen molar-refractivity contribution >= 4 is 55.3 Å². The Hall–Kier alpha value is -1.15. The molecule has 0 atom stereocenters. The lowest BCUT2D eigenvalue weighted by molar-refractivity contribution is -0.0402. The topological polar surface area (TPSA) is 47.9 Å². The van der Waals surface area contributed by atoms with Crippen LogP contribution in [0.5, 0.6) is 0 Å². The molecule has 4 nitrogen and oxygen atoms in total. The molecule has 4 rings (SSSR count). The highest BCUT2D eigenvalue weighted by Crippen LogP contribution is 2.43. The molecule has 160 valence electrons. The van der Waals surface area contributed by atoms with E-state index in [4.69, 9.17) is 19.7 Å². The second kappa shape index (κ2) is 8.41. The second-order valence-electron chi connectivity index (χ2n) is 9.06. The third-order valence-corrected chi connectivity index (χ3v) is 8.13. The van der Waals surface area contributed by atoms with Crippen LogP contribution in [0.4, 0.5) is 0 Å². The molecule has 1 aliphatic heterocycles. The van der Waals surface area contributed by atoms with Crippen LogP contribution < -0.4 is 0 Å². The molecule has 0 bridgehead atoms. The molecular formula is C23H29N3OS3. The molecule has 1 aliphatic rings. The molecular weight excluding hydrogens is 430 g/mol. The van der Waals surface area contributed by atoms with E-state index < -0.39 is 0 Å². The van der Waals surface area contributed by atoms with Crippen molar-refractivity contribution in [2.75, 3.05) is 12.0 Å². The van der Waals surface area contributed by atoms with Crippen LogP contribution in [0.1, 0.15) is 51.4 Å². The van der Waals surface area contributed by atoms with Gasteiger partial charge in [-0.3, -0.25) is 0 Å². The quantitative estimate of drug-likeness (QED) is 0.177. The lowest BCUT2D eigenvalue weighted by Crippen LogP contribution is -2.33. The Bertz CT molecular complexity index is 1130. The molecule has 0 radical (unpaired) electrons. The van der Waals surface area contributed by atoms with E-state index in [0.29, 0.717) is 12.5 Å². The predicted octanol–water partition coefficient (Wildman–Crippen LogP) is 6.68. The summed E-state index contributed by atoms with van der Waals surface area (Å²) in [5.74, 6) is 1.41. The molecule has 3 aromatic rings. The summed E-state index contributed by atoms with van der Waals surface area (Å²) >= 11 is 5.08. The number of rotatable bonds is 6. The number of aromatic nitrogens is 3. The molecule has 0 saturated heterocycles. The number of pyridine rings is 1. The SMILES string of the molecule is C=C(C)CSc1nc(SC)nc2c1sc1nc(CC(C)C)c3c(c12)CC(C)(C)OC3. The molecule has 0 spiro atoms. The first-order valence-electron chi connectivity index (χ1n) is 10.3. The van der Waals surface area contributed by atoms with E-state index in [9.17, 15) is 0 Å². The van der Waals surface area contributed by atoms with Crippen molar-refractivity contribution in [2.24, 2.45) is 5.92 Å². The molecule has 0 amide bonds. The van der Waals surface area contributed by atoms with Crippen molar-refractivity contribution in [3.63, 3.8) is 0 Å². The van der Waals surface area contributed by atoms with Crippen molar-refractivity contribution in [3.8, 4) is 0 Å². The highest BCUT2D eigenvalue weighted by atomic mass is 32.2. The van der Waals surface area contributed by atoms with Crippen molar-refractivity contribution in [1.29, 1.82) is 0 Å². The van der Waals surface area contributed by atoms with Crippen LogP contribution in [0.25, 0.3) is 20.4 Å². The van der Waals surface area contributed by atoms with Crippen LogP contribution >= 0.6 is 34.9 Å². The molecule has 3 aromatic heterocycles. The Kier molecular flexibility index (Phi) is 6.19. The molecule has 4 heterocycles. The van der Waals surface area contributed by atoms with Gasteiger partial charge in [-0.25, -0.2) is 15.0 Å². The van der Waals surface area contributed by atoms with Crippen molar-refractivity contribution in [1.82, 2.24) is 15.0 Å². The van der Waals surface area contributed by atoms with E-state index >= 15 is 0 Å². The normalized spacial score (nSPS) is 15.8. The van der Waals surface area contributed by atoms with Gasteiger partial charge in [0.1, 0.15) is 9.86 Å². The lowest BCUT2D eigenvalue weighted by Gasteiger charge is -2.33. The molecule has 0 fully saturated rings. The van der Waals surface area contributed by atoms with Gasteiger partial charge in [0.05, 0.1) is 22.4 Å². The summed E-state index contributed by atoms with van der Waals surface area (Å²) in [6.45, 7) is 15.6. The summed E-state index contributed by atoms with van der Waals surface area (Å²) in [6, 6.07) is 0. The summed E-state index contributed by atoms with van der Waals surface area (Å²) in [4.78, 5) is 16.0. The molecule has 0 saturated carbocycles. The standard InChI is InChI=1S/C23H29N3OS3/c1-12(2)8-16-15-10-27-23(5,6)9-14(15)17-18-19(30-20(17)24-16)21(29-11-13(3)4)26-22(25-18)28-7/h12H,3,8-11H2,1-2,4-7H3. The number of fused-ring (bicyclic) bond motifs is 5. The predicted molar refractivity (Wildman–Crippen MR) is 131 cm³/mol. The molecule has 30 heavy (non-hydrogen) atoms. The third-order valence-electron chi connectivity index (χ3n) is 5.16. The van der Waals surface area contributed by atoms with Crippen LogP contribution in [0.3, 0.4) is 0 Å². The minimum absolute atomic E-state index is 0.183. The largest absolute Gasteiger partial charge is 0.370 e. The number of hydrogen-bond acceptors (Lipinski definition) is 7. The third kappa shape index (κ3) is 4.27. The molecule has 0 N–H and O–H groups in total. The van der Waals surface area contributed by atoms with Gasteiger partial charge in [-0.1, -0.05) is 37.8 Å². The highest BCUT2D eigenvalue weighted by Gasteiger charge is 2.32. The van der Waals surface area contributed by atoms with Gasteiger partial charge < -0.3 is 4.74 Å². The van der Waals surface area contributed by atoms with Crippen LogP contribution in [-0.4, -0.2) is 32.6 Å². The lowest BCUT2D eigenvalue weighted by atomic mass is 9.88. The molecule has 7 heteroatoms. The molecule has 0 aliphatic carbocycles. The van der Waals surface area contributed by atoms with Crippen LogP contribution in [0.2, 0.25) is 0 Å². The van der Waals surface area contributed by atoms with E-state index in [-0.39, 0.29) is 5.60 Å². The Morgan fingerprint density at radius 1 is 1.23 bits per heavy atom. The van der Waals surface area contributed by atoms with Gasteiger partial charge in [0.25, 0.3) is 0 Å². The zero-order chi connectivity index (χ0) is 21.6. The number of hydrogen-bond donors (Lipinski definition) is 0. The number of nitrogens with zero attached hydrogens (tertiary/aromatic N) is 3.